The molecule has 1 atom stereocenters. The van der Waals surface area contributed by atoms with Gasteiger partial charge in [0.2, 0.25) is 11.8 Å². The maximum Gasteiger partial charge on any atom is 0.243 e. The van der Waals surface area contributed by atoms with Crippen molar-refractivity contribution >= 4 is 11.8 Å². The molecule has 1 aliphatic carbocycles. The summed E-state index contributed by atoms with van der Waals surface area (Å²) >= 11 is 0. The van der Waals surface area contributed by atoms with Crippen LogP contribution < -0.4 is 5.32 Å². The van der Waals surface area contributed by atoms with Crippen molar-refractivity contribution in [3.63, 3.8) is 0 Å². The van der Waals surface area contributed by atoms with Gasteiger partial charge in [-0.3, -0.25) is 14.7 Å². The van der Waals surface area contributed by atoms with Crippen LogP contribution in [0.1, 0.15) is 31.4 Å². The quantitative estimate of drug-likeness (QED) is 0.826. The lowest BCUT2D eigenvalue weighted by molar-refractivity contribution is -0.139. The van der Waals surface area contributed by atoms with E-state index in [1.807, 2.05) is 6.07 Å². The zero-order valence-electron chi connectivity index (χ0n) is 10.8. The van der Waals surface area contributed by atoms with Crippen LogP contribution in [0.5, 0.6) is 0 Å². The summed E-state index contributed by atoms with van der Waals surface area (Å²) in [5.74, 6) is 0.293. The molecule has 19 heavy (non-hydrogen) atoms. The molecule has 0 spiro atoms. The number of rotatable bonds is 4. The van der Waals surface area contributed by atoms with Crippen molar-refractivity contribution in [1.29, 1.82) is 0 Å². The summed E-state index contributed by atoms with van der Waals surface area (Å²) in [7, 11) is 0. The molecule has 0 aromatic carbocycles. The van der Waals surface area contributed by atoms with E-state index in [1.165, 1.54) is 0 Å². The number of amides is 2. The molecule has 2 amide bonds. The summed E-state index contributed by atoms with van der Waals surface area (Å²) in [5.41, 5.74) is 0.867. The molecule has 102 valence electrons. The molecule has 2 aliphatic rings. The van der Waals surface area contributed by atoms with E-state index in [1.54, 1.807) is 11.1 Å². The van der Waals surface area contributed by atoms with Crippen molar-refractivity contribution in [2.24, 2.45) is 5.92 Å². The van der Waals surface area contributed by atoms with Gasteiger partial charge in [-0.2, -0.15) is 5.10 Å². The molecule has 1 aliphatic heterocycles. The summed E-state index contributed by atoms with van der Waals surface area (Å²) in [6, 6.07) is 1.54. The minimum absolute atomic E-state index is 0.0545. The summed E-state index contributed by atoms with van der Waals surface area (Å²) in [5, 5.41) is 9.50. The summed E-state index contributed by atoms with van der Waals surface area (Å²) in [6.45, 7) is 1.15. The zero-order valence-corrected chi connectivity index (χ0v) is 10.8. The Kier molecular flexibility index (Phi) is 3.23. The topological polar surface area (TPSA) is 78.1 Å². The number of hydrogen-bond acceptors (Lipinski definition) is 3. The maximum absolute atomic E-state index is 12.2. The van der Waals surface area contributed by atoms with Crippen LogP contribution in [0.2, 0.25) is 0 Å². The van der Waals surface area contributed by atoms with E-state index in [9.17, 15) is 9.59 Å². The van der Waals surface area contributed by atoms with E-state index < -0.39 is 0 Å². The molecule has 1 saturated heterocycles. The van der Waals surface area contributed by atoms with Gasteiger partial charge >= 0.3 is 0 Å². The Morgan fingerprint density at radius 1 is 1.42 bits per heavy atom. The fourth-order valence-corrected chi connectivity index (χ4v) is 2.55. The number of likely N-dealkylation sites (tertiary alicyclic amines) is 1. The number of carbonyl (C=O) groups excluding carboxylic acids is 2. The highest BCUT2D eigenvalue weighted by Crippen LogP contribution is 2.33. The fourth-order valence-electron chi connectivity index (χ4n) is 2.55. The van der Waals surface area contributed by atoms with E-state index in [-0.39, 0.29) is 23.8 Å². The SMILES string of the molecule is O=C(NCc1ccn[nH]1)C1CCCN1C(=O)C1CC1. The fraction of sp³-hybridized carbons (Fsp3) is 0.615. The van der Waals surface area contributed by atoms with Crippen LogP contribution in [0, 0.1) is 5.92 Å². The second kappa shape index (κ2) is 5.03. The van der Waals surface area contributed by atoms with Gasteiger partial charge in [0.1, 0.15) is 6.04 Å². The minimum Gasteiger partial charge on any atom is -0.349 e. The van der Waals surface area contributed by atoms with Gasteiger partial charge in [-0.05, 0) is 31.7 Å². The Bertz CT molecular complexity index is 467. The van der Waals surface area contributed by atoms with Crippen LogP contribution in [0.15, 0.2) is 12.3 Å². The third kappa shape index (κ3) is 2.62. The molecule has 1 aromatic rings. The van der Waals surface area contributed by atoms with Gasteiger partial charge < -0.3 is 10.2 Å². The molecular weight excluding hydrogens is 244 g/mol. The van der Waals surface area contributed by atoms with Gasteiger partial charge in [0, 0.05) is 18.7 Å². The van der Waals surface area contributed by atoms with Crippen molar-refractivity contribution in [2.45, 2.75) is 38.3 Å². The molecule has 1 unspecified atom stereocenters. The smallest absolute Gasteiger partial charge is 0.243 e. The predicted molar refractivity (Wildman–Crippen MR) is 67.9 cm³/mol. The first kappa shape index (κ1) is 12.2. The summed E-state index contributed by atoms with van der Waals surface area (Å²) in [4.78, 5) is 26.0. The molecular formula is C13H18N4O2. The largest absolute Gasteiger partial charge is 0.349 e. The maximum atomic E-state index is 12.2. The van der Waals surface area contributed by atoms with Gasteiger partial charge in [-0.25, -0.2) is 0 Å². The first-order chi connectivity index (χ1) is 9.25. The van der Waals surface area contributed by atoms with Crippen LogP contribution in [0.3, 0.4) is 0 Å². The summed E-state index contributed by atoms with van der Waals surface area (Å²) < 4.78 is 0. The van der Waals surface area contributed by atoms with Crippen molar-refractivity contribution < 1.29 is 9.59 Å². The van der Waals surface area contributed by atoms with Crippen molar-refractivity contribution in [2.75, 3.05) is 6.54 Å². The highest BCUT2D eigenvalue weighted by molar-refractivity contribution is 5.89. The summed E-state index contributed by atoms with van der Waals surface area (Å²) in [6.07, 6.45) is 5.31. The third-order valence-corrected chi connectivity index (χ3v) is 3.78. The number of hydrogen-bond donors (Lipinski definition) is 2. The second-order valence-electron chi connectivity index (χ2n) is 5.26. The first-order valence-electron chi connectivity index (χ1n) is 6.82. The second-order valence-corrected chi connectivity index (χ2v) is 5.26. The molecule has 6 heteroatoms. The standard InChI is InChI=1S/C13H18N4O2/c18-12(14-8-10-5-6-15-16-10)11-2-1-7-17(11)13(19)9-3-4-9/h5-6,9,11H,1-4,7-8H2,(H,14,18)(H,15,16). The van der Waals surface area contributed by atoms with Crippen LogP contribution in [-0.2, 0) is 16.1 Å². The Balaban J connectivity index is 1.57. The van der Waals surface area contributed by atoms with E-state index in [2.05, 4.69) is 15.5 Å². The number of nitrogens with one attached hydrogen (secondary N) is 2. The van der Waals surface area contributed by atoms with Gasteiger partial charge in [0.25, 0.3) is 0 Å². The van der Waals surface area contributed by atoms with Crippen LogP contribution in [0.4, 0.5) is 0 Å². The molecule has 2 N–H and O–H groups in total. The van der Waals surface area contributed by atoms with Gasteiger partial charge in [0.15, 0.2) is 0 Å². The Hall–Kier alpha value is -1.85. The Labute approximate surface area is 111 Å². The number of H-pyrrole nitrogens is 1. The predicted octanol–water partition coefficient (Wildman–Crippen LogP) is 0.427. The molecule has 1 saturated carbocycles. The van der Waals surface area contributed by atoms with Crippen LogP contribution in [-0.4, -0.2) is 39.5 Å². The molecule has 2 heterocycles. The molecule has 2 fully saturated rings. The first-order valence-corrected chi connectivity index (χ1v) is 6.82. The molecule has 1 aromatic heterocycles. The number of carbonyl (C=O) groups is 2. The lowest BCUT2D eigenvalue weighted by Crippen LogP contribution is -2.46. The lowest BCUT2D eigenvalue weighted by Gasteiger charge is -2.23. The van der Waals surface area contributed by atoms with Gasteiger partial charge in [-0.1, -0.05) is 0 Å². The normalized spacial score (nSPS) is 22.5. The molecule has 0 radical (unpaired) electrons. The average molecular weight is 262 g/mol. The highest BCUT2D eigenvalue weighted by atomic mass is 16.2. The average Bonchev–Trinajstić information content (AvgIpc) is 2.94. The highest BCUT2D eigenvalue weighted by Gasteiger charge is 2.40. The van der Waals surface area contributed by atoms with E-state index in [4.69, 9.17) is 0 Å². The van der Waals surface area contributed by atoms with E-state index in [0.29, 0.717) is 6.54 Å². The van der Waals surface area contributed by atoms with Crippen molar-refractivity contribution in [1.82, 2.24) is 20.4 Å². The molecule has 6 nitrogen and oxygen atoms in total. The van der Waals surface area contributed by atoms with Gasteiger partial charge in [0.05, 0.1) is 12.2 Å². The van der Waals surface area contributed by atoms with Crippen molar-refractivity contribution in [3.8, 4) is 0 Å². The molecule has 0 bridgehead atoms. The Morgan fingerprint density at radius 3 is 2.95 bits per heavy atom. The monoisotopic (exact) mass is 262 g/mol. The van der Waals surface area contributed by atoms with Crippen LogP contribution >= 0.6 is 0 Å². The van der Waals surface area contributed by atoms with E-state index >= 15 is 0 Å². The minimum atomic E-state index is -0.281. The zero-order chi connectivity index (χ0) is 13.2. The van der Waals surface area contributed by atoms with Crippen molar-refractivity contribution in [3.05, 3.63) is 18.0 Å². The number of aromatic amines is 1. The van der Waals surface area contributed by atoms with Crippen LogP contribution in [0.25, 0.3) is 0 Å². The van der Waals surface area contributed by atoms with E-state index in [0.717, 1.165) is 37.9 Å². The Morgan fingerprint density at radius 2 is 2.26 bits per heavy atom. The molecule has 3 rings (SSSR count). The number of nitrogens with zero attached hydrogens (tertiary/aromatic N) is 2. The van der Waals surface area contributed by atoms with Gasteiger partial charge in [-0.15, -0.1) is 0 Å². The number of aromatic nitrogens is 2. The lowest BCUT2D eigenvalue weighted by atomic mass is 10.2. The third-order valence-electron chi connectivity index (χ3n) is 3.78.